The van der Waals surface area contributed by atoms with E-state index in [1.165, 1.54) is 0 Å². The number of hydrogen-bond donors (Lipinski definition) is 1. The van der Waals surface area contributed by atoms with Crippen molar-refractivity contribution < 1.29 is 14.7 Å². The molecule has 3 unspecified atom stereocenters. The van der Waals surface area contributed by atoms with Crippen LogP contribution in [0.25, 0.3) is 0 Å². The number of fused-ring (bicyclic) bond motifs is 2. The van der Waals surface area contributed by atoms with Crippen molar-refractivity contribution in [3.8, 4) is 0 Å². The van der Waals surface area contributed by atoms with E-state index in [0.29, 0.717) is 6.42 Å². The van der Waals surface area contributed by atoms with Crippen molar-refractivity contribution in [2.75, 3.05) is 0 Å². The second kappa shape index (κ2) is 2.60. The van der Waals surface area contributed by atoms with E-state index in [4.69, 9.17) is 0 Å². The molecule has 2 bridgehead atoms. The van der Waals surface area contributed by atoms with E-state index in [1.807, 2.05) is 13.8 Å². The minimum absolute atomic E-state index is 0.133. The molecular formula is C10H13BrO3. The summed E-state index contributed by atoms with van der Waals surface area (Å²) in [7, 11) is 0. The van der Waals surface area contributed by atoms with Gasteiger partial charge in [-0.05, 0) is 24.2 Å². The van der Waals surface area contributed by atoms with Crippen LogP contribution in [0.5, 0.6) is 0 Å². The largest absolute Gasteiger partial charge is 0.480 e. The molecule has 78 valence electrons. The Bertz CT molecular complexity index is 323. The first-order valence-corrected chi connectivity index (χ1v) is 5.69. The quantitative estimate of drug-likeness (QED) is 0.578. The molecule has 2 aliphatic carbocycles. The van der Waals surface area contributed by atoms with Crippen molar-refractivity contribution >= 4 is 27.7 Å². The van der Waals surface area contributed by atoms with E-state index in [-0.39, 0.29) is 16.5 Å². The van der Waals surface area contributed by atoms with Crippen LogP contribution in [-0.4, -0.2) is 21.7 Å². The molecular weight excluding hydrogens is 248 g/mol. The number of hydrogen-bond acceptors (Lipinski definition) is 2. The topological polar surface area (TPSA) is 54.4 Å². The van der Waals surface area contributed by atoms with Crippen LogP contribution >= 0.6 is 15.9 Å². The maximum absolute atomic E-state index is 11.9. The molecule has 2 rings (SSSR count). The lowest BCUT2D eigenvalue weighted by molar-refractivity contribution is -0.158. The Labute approximate surface area is 91.0 Å². The lowest BCUT2D eigenvalue weighted by atomic mass is 9.69. The first kappa shape index (κ1) is 10.1. The van der Waals surface area contributed by atoms with E-state index >= 15 is 0 Å². The fraction of sp³-hybridized carbons (Fsp3) is 0.800. The Morgan fingerprint density at radius 1 is 1.57 bits per heavy atom. The molecule has 0 aromatic rings. The fourth-order valence-corrected chi connectivity index (χ4v) is 4.55. The molecule has 0 amide bonds. The fourth-order valence-electron chi connectivity index (χ4n) is 3.23. The van der Waals surface area contributed by atoms with Gasteiger partial charge in [-0.15, -0.1) is 0 Å². The summed E-state index contributed by atoms with van der Waals surface area (Å²) in [6.07, 6.45) is 1.34. The Morgan fingerprint density at radius 3 is 2.43 bits per heavy atom. The van der Waals surface area contributed by atoms with Crippen molar-refractivity contribution in [3.05, 3.63) is 0 Å². The summed E-state index contributed by atoms with van der Waals surface area (Å²) in [6, 6.07) is 0. The van der Waals surface area contributed by atoms with Crippen LogP contribution in [-0.2, 0) is 9.59 Å². The molecule has 14 heavy (non-hydrogen) atoms. The number of carbonyl (C=O) groups is 2. The summed E-state index contributed by atoms with van der Waals surface area (Å²) in [4.78, 5) is 23.0. The van der Waals surface area contributed by atoms with E-state index in [0.717, 1.165) is 6.42 Å². The Hall–Kier alpha value is -0.380. The van der Waals surface area contributed by atoms with Crippen molar-refractivity contribution in [2.45, 2.75) is 31.5 Å². The molecule has 0 radical (unpaired) electrons. The van der Waals surface area contributed by atoms with E-state index in [2.05, 4.69) is 15.9 Å². The second-order valence-electron chi connectivity index (χ2n) is 4.84. The summed E-state index contributed by atoms with van der Waals surface area (Å²) in [5.74, 6) is -0.908. The molecule has 3 atom stereocenters. The summed E-state index contributed by atoms with van der Waals surface area (Å²) in [6.45, 7) is 3.80. The molecule has 0 aliphatic heterocycles. The number of carbonyl (C=O) groups excluding carboxylic acids is 1. The number of halogens is 1. The zero-order valence-electron chi connectivity index (χ0n) is 8.21. The van der Waals surface area contributed by atoms with Crippen LogP contribution < -0.4 is 0 Å². The van der Waals surface area contributed by atoms with Crippen molar-refractivity contribution in [2.24, 2.45) is 16.7 Å². The molecule has 0 saturated heterocycles. The highest BCUT2D eigenvalue weighted by Crippen LogP contribution is 2.65. The van der Waals surface area contributed by atoms with Gasteiger partial charge < -0.3 is 5.11 Å². The zero-order chi connectivity index (χ0) is 10.7. The van der Waals surface area contributed by atoms with Crippen LogP contribution in [0.2, 0.25) is 0 Å². The standard InChI is InChI=1S/C10H13BrO3/c1-9(2)5-3-4-10(9,8(13)14)7(12)6(5)11/h5-6H,3-4H2,1-2H3,(H,13,14). The molecule has 1 N–H and O–H groups in total. The molecule has 0 aromatic carbocycles. The van der Waals surface area contributed by atoms with E-state index in [1.54, 1.807) is 0 Å². The van der Waals surface area contributed by atoms with Gasteiger partial charge >= 0.3 is 5.97 Å². The first-order chi connectivity index (χ1) is 6.35. The predicted molar refractivity (Wildman–Crippen MR) is 54.3 cm³/mol. The third-order valence-corrected chi connectivity index (χ3v) is 5.30. The summed E-state index contributed by atoms with van der Waals surface area (Å²) in [5, 5.41) is 9.27. The van der Waals surface area contributed by atoms with E-state index in [9.17, 15) is 14.7 Å². The average Bonchev–Trinajstić information content (AvgIpc) is 2.41. The molecule has 0 heterocycles. The van der Waals surface area contributed by atoms with Crippen molar-refractivity contribution in [1.82, 2.24) is 0 Å². The lowest BCUT2D eigenvalue weighted by Crippen LogP contribution is -2.44. The van der Waals surface area contributed by atoms with Gasteiger partial charge in [0.15, 0.2) is 5.78 Å². The Balaban J connectivity index is 2.59. The van der Waals surface area contributed by atoms with Gasteiger partial charge in [-0.1, -0.05) is 29.8 Å². The normalized spacial score (nSPS) is 44.4. The van der Waals surface area contributed by atoms with Gasteiger partial charge in [0.05, 0.1) is 4.83 Å². The van der Waals surface area contributed by atoms with Crippen molar-refractivity contribution in [3.63, 3.8) is 0 Å². The summed E-state index contributed by atoms with van der Waals surface area (Å²) >= 11 is 3.33. The van der Waals surface area contributed by atoms with Gasteiger partial charge in [0.1, 0.15) is 5.41 Å². The highest BCUT2D eigenvalue weighted by Gasteiger charge is 2.72. The Kier molecular flexibility index (Phi) is 1.88. The van der Waals surface area contributed by atoms with Crippen LogP contribution in [0, 0.1) is 16.7 Å². The predicted octanol–water partition coefficient (Wildman–Crippen LogP) is 1.84. The van der Waals surface area contributed by atoms with Crippen molar-refractivity contribution in [1.29, 1.82) is 0 Å². The highest BCUT2D eigenvalue weighted by molar-refractivity contribution is 9.10. The maximum Gasteiger partial charge on any atom is 0.317 e. The minimum Gasteiger partial charge on any atom is -0.480 e. The number of Topliss-reactive ketones (excluding diaryl/α,β-unsaturated/α-hetero) is 1. The number of rotatable bonds is 1. The minimum atomic E-state index is -1.13. The van der Waals surface area contributed by atoms with Crippen LogP contribution in [0.15, 0.2) is 0 Å². The molecule has 4 heteroatoms. The third kappa shape index (κ3) is 0.794. The lowest BCUT2D eigenvalue weighted by Gasteiger charge is -2.31. The summed E-state index contributed by atoms with van der Waals surface area (Å²) in [5.41, 5.74) is -1.55. The van der Waals surface area contributed by atoms with Gasteiger partial charge in [0, 0.05) is 0 Å². The van der Waals surface area contributed by atoms with Crippen LogP contribution in [0.3, 0.4) is 0 Å². The van der Waals surface area contributed by atoms with Gasteiger partial charge in [-0.2, -0.15) is 0 Å². The number of alkyl halides is 1. The molecule has 3 nitrogen and oxygen atoms in total. The molecule has 2 aliphatic rings. The second-order valence-corrected chi connectivity index (χ2v) is 5.83. The molecule has 2 saturated carbocycles. The van der Waals surface area contributed by atoms with Crippen LogP contribution in [0.1, 0.15) is 26.7 Å². The highest BCUT2D eigenvalue weighted by atomic mass is 79.9. The van der Waals surface area contributed by atoms with Gasteiger partial charge in [0.2, 0.25) is 0 Å². The monoisotopic (exact) mass is 260 g/mol. The SMILES string of the molecule is CC1(C)C2CCC1(C(=O)O)C(=O)C2Br. The zero-order valence-corrected chi connectivity index (χ0v) is 9.80. The molecule has 0 aromatic heterocycles. The Morgan fingerprint density at radius 2 is 2.14 bits per heavy atom. The maximum atomic E-state index is 11.9. The third-order valence-electron chi connectivity index (χ3n) is 4.25. The summed E-state index contributed by atoms with van der Waals surface area (Å²) < 4.78 is 0. The number of carboxylic acids is 1. The van der Waals surface area contributed by atoms with Crippen LogP contribution in [0.4, 0.5) is 0 Å². The van der Waals surface area contributed by atoms with Gasteiger partial charge in [-0.3, -0.25) is 9.59 Å². The van der Waals surface area contributed by atoms with E-state index < -0.39 is 16.8 Å². The van der Waals surface area contributed by atoms with Gasteiger partial charge in [-0.25, -0.2) is 0 Å². The number of carboxylic acid groups (broad SMARTS) is 1. The number of aliphatic carboxylic acids is 1. The molecule has 0 spiro atoms. The number of ketones is 1. The molecule has 2 fully saturated rings. The first-order valence-electron chi connectivity index (χ1n) is 4.77. The van der Waals surface area contributed by atoms with Gasteiger partial charge in [0.25, 0.3) is 0 Å². The average molecular weight is 261 g/mol. The smallest absolute Gasteiger partial charge is 0.317 e.